The van der Waals surface area contributed by atoms with Gasteiger partial charge in [-0.05, 0) is 17.7 Å². The van der Waals surface area contributed by atoms with Crippen LogP contribution in [-0.4, -0.2) is 13.1 Å². The highest BCUT2D eigenvalue weighted by Gasteiger charge is 2.14. The largest absolute Gasteiger partial charge is 0.469 e. The Labute approximate surface area is 110 Å². The van der Waals surface area contributed by atoms with Gasteiger partial charge >= 0.3 is 5.97 Å². The van der Waals surface area contributed by atoms with Crippen LogP contribution in [0, 0.1) is 0 Å². The molecule has 0 heterocycles. The van der Waals surface area contributed by atoms with Crippen LogP contribution in [0.3, 0.4) is 0 Å². The van der Waals surface area contributed by atoms with E-state index >= 15 is 0 Å². The summed E-state index contributed by atoms with van der Waals surface area (Å²) < 4.78 is 4.52. The maximum absolute atomic E-state index is 11.0. The summed E-state index contributed by atoms with van der Waals surface area (Å²) in [4.78, 5) is 11.0. The fourth-order valence-corrected chi connectivity index (χ4v) is 1.72. The summed E-state index contributed by atoms with van der Waals surface area (Å²) in [5, 5.41) is 0.993. The van der Waals surface area contributed by atoms with E-state index in [1.54, 1.807) is 18.2 Å². The van der Waals surface area contributed by atoms with E-state index in [1.165, 1.54) is 7.11 Å². The Bertz CT molecular complexity index is 371. The maximum Gasteiger partial charge on any atom is 0.307 e. The summed E-state index contributed by atoms with van der Waals surface area (Å²) in [5.74, 6) is -0.367. The molecule has 1 rings (SSSR count). The van der Waals surface area contributed by atoms with E-state index in [1.807, 2.05) is 0 Å². The van der Waals surface area contributed by atoms with Crippen molar-refractivity contribution in [3.05, 3.63) is 33.8 Å². The molecule has 3 nitrogen and oxygen atoms in total. The van der Waals surface area contributed by atoms with Crippen molar-refractivity contribution in [2.24, 2.45) is 5.73 Å². The molecule has 2 N–H and O–H groups in total. The number of carbonyl (C=O) groups excluding carboxylic acids is 1. The van der Waals surface area contributed by atoms with Crippen molar-refractivity contribution in [3.63, 3.8) is 0 Å². The Hall–Kier alpha value is -0.480. The normalized spacial score (nSPS) is 11.5. The first kappa shape index (κ1) is 15.5. The third-order valence-corrected chi connectivity index (χ3v) is 2.54. The van der Waals surface area contributed by atoms with E-state index < -0.39 is 6.04 Å². The summed E-state index contributed by atoms with van der Waals surface area (Å²) in [5.41, 5.74) is 6.48. The van der Waals surface area contributed by atoms with Gasteiger partial charge in [-0.25, -0.2) is 0 Å². The zero-order valence-corrected chi connectivity index (χ0v) is 10.9. The maximum atomic E-state index is 11.0. The summed E-state index contributed by atoms with van der Waals surface area (Å²) in [7, 11) is 1.32. The van der Waals surface area contributed by atoms with Crippen LogP contribution in [0.1, 0.15) is 18.0 Å². The first-order chi connectivity index (χ1) is 7.04. The van der Waals surface area contributed by atoms with E-state index in [-0.39, 0.29) is 24.8 Å². The lowest BCUT2D eigenvalue weighted by atomic mass is 10.1. The average molecular weight is 285 g/mol. The number of methoxy groups -OCH3 is 1. The number of halogens is 3. The lowest BCUT2D eigenvalue weighted by Crippen LogP contribution is -2.16. The van der Waals surface area contributed by atoms with Gasteiger partial charge in [-0.1, -0.05) is 29.3 Å². The first-order valence-corrected chi connectivity index (χ1v) is 5.07. The number of esters is 1. The molecule has 0 fully saturated rings. The lowest BCUT2D eigenvalue weighted by molar-refractivity contribution is -0.141. The minimum atomic E-state index is -0.470. The smallest absolute Gasteiger partial charge is 0.307 e. The molecule has 1 aromatic rings. The third-order valence-electron chi connectivity index (χ3n) is 1.98. The summed E-state index contributed by atoms with van der Waals surface area (Å²) in [6.07, 6.45) is 0.0951. The predicted molar refractivity (Wildman–Crippen MR) is 67.3 cm³/mol. The lowest BCUT2D eigenvalue weighted by Gasteiger charge is -2.12. The Morgan fingerprint density at radius 1 is 1.50 bits per heavy atom. The van der Waals surface area contributed by atoms with Gasteiger partial charge < -0.3 is 10.5 Å². The Balaban J connectivity index is 0.00000225. The quantitative estimate of drug-likeness (QED) is 0.868. The molecular formula is C10H12Cl3NO2. The minimum absolute atomic E-state index is 0. The van der Waals surface area contributed by atoms with Crippen LogP contribution in [0.5, 0.6) is 0 Å². The number of benzene rings is 1. The Kier molecular flexibility index (Phi) is 6.76. The number of hydrogen-bond donors (Lipinski definition) is 1. The molecule has 0 aliphatic heterocycles. The van der Waals surface area contributed by atoms with Crippen molar-refractivity contribution in [3.8, 4) is 0 Å². The highest BCUT2D eigenvalue weighted by molar-refractivity contribution is 6.35. The molecule has 6 heteroatoms. The van der Waals surface area contributed by atoms with Gasteiger partial charge in [-0.2, -0.15) is 0 Å². The third kappa shape index (κ3) is 4.18. The molecule has 0 bridgehead atoms. The van der Waals surface area contributed by atoms with Crippen molar-refractivity contribution >= 4 is 41.6 Å². The van der Waals surface area contributed by atoms with Crippen LogP contribution < -0.4 is 5.73 Å². The molecule has 0 radical (unpaired) electrons. The molecule has 0 aliphatic rings. The van der Waals surface area contributed by atoms with Gasteiger partial charge in [-0.15, -0.1) is 12.4 Å². The highest BCUT2D eigenvalue weighted by Crippen LogP contribution is 2.26. The molecule has 16 heavy (non-hydrogen) atoms. The standard InChI is InChI=1S/C10H11Cl2NO2.ClH/c1-15-10(14)5-9(13)7-3-2-6(11)4-8(7)12;/h2-4,9H,5,13H2,1H3;1H/t9-;/m0./s1. The molecular weight excluding hydrogens is 272 g/mol. The minimum Gasteiger partial charge on any atom is -0.469 e. The summed E-state index contributed by atoms with van der Waals surface area (Å²) >= 11 is 11.7. The van der Waals surface area contributed by atoms with Crippen LogP contribution in [0.15, 0.2) is 18.2 Å². The van der Waals surface area contributed by atoms with Crippen LogP contribution in [-0.2, 0) is 9.53 Å². The van der Waals surface area contributed by atoms with Crippen LogP contribution >= 0.6 is 35.6 Å². The number of nitrogens with two attached hydrogens (primary N) is 1. The number of ether oxygens (including phenoxy) is 1. The van der Waals surface area contributed by atoms with Crippen LogP contribution in [0.25, 0.3) is 0 Å². The molecule has 0 unspecified atom stereocenters. The molecule has 1 aromatic carbocycles. The zero-order valence-electron chi connectivity index (χ0n) is 8.57. The highest BCUT2D eigenvalue weighted by atomic mass is 35.5. The van der Waals surface area contributed by atoms with Crippen molar-refractivity contribution in [1.82, 2.24) is 0 Å². The predicted octanol–water partition coefficient (Wildman–Crippen LogP) is 2.98. The van der Waals surface area contributed by atoms with E-state index in [2.05, 4.69) is 4.74 Å². The topological polar surface area (TPSA) is 52.3 Å². The molecule has 0 spiro atoms. The molecule has 0 aliphatic carbocycles. The molecule has 90 valence electrons. The number of rotatable bonds is 3. The number of carbonyl (C=O) groups is 1. The Morgan fingerprint density at radius 3 is 2.62 bits per heavy atom. The summed E-state index contributed by atoms with van der Waals surface area (Å²) in [6.45, 7) is 0. The van der Waals surface area contributed by atoms with Gasteiger partial charge in [0.05, 0.1) is 13.5 Å². The Morgan fingerprint density at radius 2 is 2.12 bits per heavy atom. The van der Waals surface area contributed by atoms with Gasteiger partial charge in [0.1, 0.15) is 0 Å². The second-order valence-corrected chi connectivity index (χ2v) is 3.90. The zero-order chi connectivity index (χ0) is 11.4. The molecule has 1 atom stereocenters. The summed E-state index contributed by atoms with van der Waals surface area (Å²) in [6, 6.07) is 4.51. The van der Waals surface area contributed by atoms with Gasteiger partial charge in [0, 0.05) is 16.1 Å². The van der Waals surface area contributed by atoms with Gasteiger partial charge in [0.2, 0.25) is 0 Å². The van der Waals surface area contributed by atoms with Crippen LogP contribution in [0.4, 0.5) is 0 Å². The molecule has 0 saturated carbocycles. The van der Waals surface area contributed by atoms with Crippen molar-refractivity contribution in [2.75, 3.05) is 7.11 Å². The van der Waals surface area contributed by atoms with E-state index in [9.17, 15) is 4.79 Å². The van der Waals surface area contributed by atoms with Gasteiger partial charge in [0.15, 0.2) is 0 Å². The SMILES string of the molecule is COC(=O)C[C@H](N)c1ccc(Cl)cc1Cl.Cl. The fourth-order valence-electron chi connectivity index (χ4n) is 1.18. The van der Waals surface area contributed by atoms with E-state index in [0.29, 0.717) is 15.6 Å². The second-order valence-electron chi connectivity index (χ2n) is 3.05. The molecule has 0 saturated heterocycles. The first-order valence-electron chi connectivity index (χ1n) is 4.32. The fraction of sp³-hybridized carbons (Fsp3) is 0.300. The van der Waals surface area contributed by atoms with Crippen LogP contribution in [0.2, 0.25) is 10.0 Å². The number of hydrogen-bond acceptors (Lipinski definition) is 3. The van der Waals surface area contributed by atoms with Gasteiger partial charge in [0.25, 0.3) is 0 Å². The van der Waals surface area contributed by atoms with Crippen molar-refractivity contribution in [2.45, 2.75) is 12.5 Å². The van der Waals surface area contributed by atoms with E-state index in [0.717, 1.165) is 0 Å². The van der Waals surface area contributed by atoms with Crippen molar-refractivity contribution < 1.29 is 9.53 Å². The average Bonchev–Trinajstić information content (AvgIpc) is 2.17. The monoisotopic (exact) mass is 283 g/mol. The molecule has 0 aromatic heterocycles. The molecule has 0 amide bonds. The second kappa shape index (κ2) is 6.97. The van der Waals surface area contributed by atoms with Gasteiger partial charge in [-0.3, -0.25) is 4.79 Å². The van der Waals surface area contributed by atoms with E-state index in [4.69, 9.17) is 28.9 Å². The van der Waals surface area contributed by atoms with Crippen molar-refractivity contribution in [1.29, 1.82) is 0 Å².